The number of ether oxygens (including phenoxy) is 2. The summed E-state index contributed by atoms with van der Waals surface area (Å²) in [5, 5.41) is 1.85. The zero-order valence-electron chi connectivity index (χ0n) is 18.8. The van der Waals surface area contributed by atoms with Crippen molar-refractivity contribution in [2.24, 2.45) is 0 Å². The Labute approximate surface area is 220 Å². The van der Waals surface area contributed by atoms with Crippen molar-refractivity contribution in [2.75, 3.05) is 7.11 Å². The van der Waals surface area contributed by atoms with Gasteiger partial charge in [0.1, 0.15) is 16.7 Å². The van der Waals surface area contributed by atoms with Gasteiger partial charge in [-0.1, -0.05) is 71.2 Å². The van der Waals surface area contributed by atoms with Crippen LogP contribution in [-0.2, 0) is 11.2 Å². The molecule has 2 heterocycles. The Kier molecular flexibility index (Phi) is 6.67. The van der Waals surface area contributed by atoms with Gasteiger partial charge in [-0.2, -0.15) is 0 Å². The van der Waals surface area contributed by atoms with Gasteiger partial charge in [-0.3, -0.25) is 4.79 Å². The third kappa shape index (κ3) is 4.32. The molecule has 0 bridgehead atoms. The van der Waals surface area contributed by atoms with E-state index in [2.05, 4.69) is 4.98 Å². The lowest BCUT2D eigenvalue weighted by Crippen LogP contribution is -2.17. The second-order valence-electron chi connectivity index (χ2n) is 8.01. The van der Waals surface area contributed by atoms with Gasteiger partial charge >= 0.3 is 5.97 Å². The summed E-state index contributed by atoms with van der Waals surface area (Å²) in [6.45, 7) is 0. The van der Waals surface area contributed by atoms with Gasteiger partial charge in [0.2, 0.25) is 0 Å². The highest BCUT2D eigenvalue weighted by molar-refractivity contribution is 6.36. The highest BCUT2D eigenvalue weighted by Crippen LogP contribution is 2.45. The average Bonchev–Trinajstić information content (AvgIpc) is 3.27. The first kappa shape index (κ1) is 24.3. The number of hydrogen-bond acceptors (Lipinski definition) is 5. The first-order valence-corrected chi connectivity index (χ1v) is 12.0. The summed E-state index contributed by atoms with van der Waals surface area (Å²) in [5.41, 5.74) is 1.76. The molecule has 1 unspecified atom stereocenters. The predicted octanol–water partition coefficient (Wildman–Crippen LogP) is 7.38. The third-order valence-corrected chi connectivity index (χ3v) is 6.89. The van der Waals surface area contributed by atoms with Crippen molar-refractivity contribution in [3.8, 4) is 5.75 Å². The largest absolute Gasteiger partial charge is 0.491 e. The van der Waals surface area contributed by atoms with Crippen molar-refractivity contribution in [3.05, 3.63) is 109 Å². The summed E-state index contributed by atoms with van der Waals surface area (Å²) in [4.78, 5) is 27.9. The average molecular weight is 543 g/mol. The van der Waals surface area contributed by atoms with Crippen LogP contribution in [0.3, 0.4) is 0 Å². The summed E-state index contributed by atoms with van der Waals surface area (Å²) in [5.74, 6) is -0.211. The number of esters is 1. The lowest BCUT2D eigenvalue weighted by molar-refractivity contribution is 0.0301. The van der Waals surface area contributed by atoms with E-state index in [4.69, 9.17) is 48.7 Å². The summed E-state index contributed by atoms with van der Waals surface area (Å²) < 4.78 is 17.6. The number of H-pyrrole nitrogens is 1. The van der Waals surface area contributed by atoms with Crippen LogP contribution in [0.5, 0.6) is 5.75 Å². The number of furan rings is 1. The smallest absolute Gasteiger partial charge is 0.338 e. The van der Waals surface area contributed by atoms with Gasteiger partial charge in [0, 0.05) is 34.5 Å². The fraction of sp³-hybridized carbons (Fsp3) is 0.111. The molecule has 5 aromatic rings. The molecule has 3 aromatic carbocycles. The number of hydrogen-bond donors (Lipinski definition) is 1. The van der Waals surface area contributed by atoms with Crippen LogP contribution in [-0.4, -0.2) is 18.1 Å². The highest BCUT2D eigenvalue weighted by atomic mass is 35.5. The van der Waals surface area contributed by atoms with Crippen LogP contribution in [0, 0.1) is 0 Å². The van der Waals surface area contributed by atoms with Crippen LogP contribution in [0.15, 0.2) is 76.1 Å². The Balaban J connectivity index is 1.74. The molecule has 0 amide bonds. The van der Waals surface area contributed by atoms with Crippen LogP contribution >= 0.6 is 34.8 Å². The summed E-state index contributed by atoms with van der Waals surface area (Å²) in [6.07, 6.45) is 0.434. The van der Waals surface area contributed by atoms with E-state index in [-0.39, 0.29) is 21.5 Å². The molecule has 5 rings (SSSR count). The van der Waals surface area contributed by atoms with E-state index in [1.165, 1.54) is 13.3 Å². The Morgan fingerprint density at radius 2 is 1.75 bits per heavy atom. The molecule has 0 aliphatic carbocycles. The topological polar surface area (TPSA) is 81.5 Å². The second-order valence-corrected chi connectivity index (χ2v) is 9.20. The van der Waals surface area contributed by atoms with Gasteiger partial charge in [-0.15, -0.1) is 0 Å². The van der Waals surface area contributed by atoms with Crippen LogP contribution in [0.2, 0.25) is 15.1 Å². The first-order valence-electron chi connectivity index (χ1n) is 10.9. The molecule has 9 heteroatoms. The minimum absolute atomic E-state index is 0.0113. The zero-order valence-corrected chi connectivity index (χ0v) is 21.1. The summed E-state index contributed by atoms with van der Waals surface area (Å²) >= 11 is 19.3. The van der Waals surface area contributed by atoms with E-state index in [0.29, 0.717) is 39.0 Å². The number of rotatable bonds is 6. The second kappa shape index (κ2) is 9.90. The third-order valence-electron chi connectivity index (χ3n) is 5.87. The first-order chi connectivity index (χ1) is 17.4. The zero-order chi connectivity index (χ0) is 25.4. The van der Waals surface area contributed by atoms with E-state index in [9.17, 15) is 9.59 Å². The van der Waals surface area contributed by atoms with Crippen molar-refractivity contribution < 1.29 is 18.7 Å². The lowest BCUT2D eigenvalue weighted by atomic mass is 9.96. The van der Waals surface area contributed by atoms with Crippen molar-refractivity contribution in [3.63, 3.8) is 0 Å². The maximum atomic E-state index is 13.2. The molecule has 0 saturated carbocycles. The number of fused-ring (bicyclic) bond motifs is 3. The Hall–Kier alpha value is -3.45. The van der Waals surface area contributed by atoms with Gasteiger partial charge in [0.15, 0.2) is 11.3 Å². The van der Waals surface area contributed by atoms with E-state index in [0.717, 1.165) is 5.39 Å². The number of carbonyl (C=O) groups excluding carboxylic acids is 1. The predicted molar refractivity (Wildman–Crippen MR) is 141 cm³/mol. The molecule has 0 aliphatic rings. The molecule has 0 saturated heterocycles. The van der Waals surface area contributed by atoms with Crippen LogP contribution < -0.4 is 10.3 Å². The highest BCUT2D eigenvalue weighted by Gasteiger charge is 2.28. The number of methoxy groups -OCH3 is 1. The molecule has 0 spiro atoms. The molecule has 0 aliphatic heterocycles. The van der Waals surface area contributed by atoms with E-state index >= 15 is 0 Å². The number of aromatic amines is 1. The van der Waals surface area contributed by atoms with Gasteiger partial charge in [-0.25, -0.2) is 4.79 Å². The maximum absolute atomic E-state index is 13.2. The lowest BCUT2D eigenvalue weighted by Gasteiger charge is -2.21. The Morgan fingerprint density at radius 3 is 2.50 bits per heavy atom. The number of nitrogens with one attached hydrogen (secondary N) is 1. The van der Waals surface area contributed by atoms with Crippen LogP contribution in [0.25, 0.3) is 21.9 Å². The standard InChI is InChI=1S/C27H18Cl3NO5/c1-34-24-18(28)11-17(22-15-9-5-6-10-20(15)35-25(22)24)21(36-27(33)14-7-3-2-4-8-14)12-16-19(29)13-31-26(32)23(16)30/h2-11,13,21H,12H2,1H3,(H,31,32). The summed E-state index contributed by atoms with van der Waals surface area (Å²) in [7, 11) is 1.50. The quantitative estimate of drug-likeness (QED) is 0.226. The molecule has 1 N–H and O–H groups in total. The van der Waals surface area contributed by atoms with Crippen molar-refractivity contribution in [1.82, 2.24) is 4.98 Å². The van der Waals surface area contributed by atoms with E-state index < -0.39 is 17.6 Å². The SMILES string of the molecule is COc1c(Cl)cc(C(Cc2c(Cl)c[nH]c(=O)c2Cl)OC(=O)c2ccccc2)c2c1oc1ccccc12. The van der Waals surface area contributed by atoms with Crippen LogP contribution in [0.4, 0.5) is 0 Å². The minimum Gasteiger partial charge on any atom is -0.491 e. The Morgan fingerprint density at radius 1 is 1.03 bits per heavy atom. The van der Waals surface area contributed by atoms with Crippen molar-refractivity contribution in [1.29, 1.82) is 0 Å². The van der Waals surface area contributed by atoms with Gasteiger partial charge in [0.05, 0.1) is 22.7 Å². The van der Waals surface area contributed by atoms with Crippen molar-refractivity contribution >= 4 is 62.7 Å². The van der Waals surface area contributed by atoms with Gasteiger partial charge in [0.25, 0.3) is 5.56 Å². The molecule has 182 valence electrons. The maximum Gasteiger partial charge on any atom is 0.338 e. The number of pyridine rings is 1. The molecule has 0 radical (unpaired) electrons. The Bertz CT molecular complexity index is 1660. The van der Waals surface area contributed by atoms with Gasteiger partial charge in [-0.05, 0) is 24.3 Å². The fourth-order valence-corrected chi connectivity index (χ4v) is 4.99. The molecule has 0 fully saturated rings. The number of benzene rings is 3. The van der Waals surface area contributed by atoms with Gasteiger partial charge < -0.3 is 18.9 Å². The molecule has 6 nitrogen and oxygen atoms in total. The van der Waals surface area contributed by atoms with E-state index in [1.807, 2.05) is 24.3 Å². The molecule has 36 heavy (non-hydrogen) atoms. The molecule has 2 aromatic heterocycles. The monoisotopic (exact) mass is 541 g/mol. The molecule has 1 atom stereocenters. The molecular formula is C27H18Cl3NO5. The fourth-order valence-electron chi connectivity index (χ4n) is 4.20. The number of halogens is 3. The number of carbonyl (C=O) groups is 1. The van der Waals surface area contributed by atoms with E-state index in [1.54, 1.807) is 36.4 Å². The number of aromatic nitrogens is 1. The number of para-hydroxylation sites is 1. The minimum atomic E-state index is -0.929. The summed E-state index contributed by atoms with van der Waals surface area (Å²) in [6, 6.07) is 17.7. The van der Waals surface area contributed by atoms with Crippen molar-refractivity contribution in [2.45, 2.75) is 12.5 Å². The normalized spacial score (nSPS) is 12.1. The molecular weight excluding hydrogens is 525 g/mol. The van der Waals surface area contributed by atoms with Crippen LogP contribution in [0.1, 0.15) is 27.6 Å².